The van der Waals surface area contributed by atoms with Crippen LogP contribution in [0.3, 0.4) is 0 Å². The van der Waals surface area contributed by atoms with Gasteiger partial charge in [0.15, 0.2) is 0 Å². The van der Waals surface area contributed by atoms with Crippen molar-refractivity contribution in [1.29, 1.82) is 0 Å². The highest BCUT2D eigenvalue weighted by Crippen LogP contribution is 2.31. The largest absolute Gasteiger partial charge is 0.338 e. The summed E-state index contributed by atoms with van der Waals surface area (Å²) in [6, 6.07) is -1.80. The van der Waals surface area contributed by atoms with Gasteiger partial charge in [0, 0.05) is 12.6 Å². The average Bonchev–Trinajstić information content (AvgIpc) is 2.77. The highest BCUT2D eigenvalue weighted by molar-refractivity contribution is 6.45. The topological polar surface area (TPSA) is 116 Å². The van der Waals surface area contributed by atoms with Crippen LogP contribution in [-0.4, -0.2) is 58.7 Å². The zero-order chi connectivity index (χ0) is 18.6. The van der Waals surface area contributed by atoms with E-state index in [0.29, 0.717) is 24.3 Å². The molecular formula is C16H24N4O5. The maximum absolute atomic E-state index is 12.5. The lowest BCUT2D eigenvalue weighted by Crippen LogP contribution is -2.48. The molecule has 138 valence electrons. The molecule has 1 heterocycles. The van der Waals surface area contributed by atoms with Gasteiger partial charge in [0.25, 0.3) is 0 Å². The lowest BCUT2D eigenvalue weighted by atomic mass is 9.85. The van der Waals surface area contributed by atoms with Crippen molar-refractivity contribution >= 4 is 29.8 Å². The Morgan fingerprint density at radius 2 is 1.80 bits per heavy atom. The van der Waals surface area contributed by atoms with Crippen molar-refractivity contribution in [3.05, 3.63) is 0 Å². The fraction of sp³-hybridized carbons (Fsp3) is 0.688. The van der Waals surface area contributed by atoms with Crippen LogP contribution in [0.25, 0.3) is 0 Å². The van der Waals surface area contributed by atoms with Crippen LogP contribution in [0.1, 0.15) is 46.0 Å². The molecule has 7 amide bonds. The molecule has 1 aliphatic carbocycles. The fourth-order valence-corrected chi connectivity index (χ4v) is 3.23. The third-order valence-electron chi connectivity index (χ3n) is 4.57. The first-order valence-electron chi connectivity index (χ1n) is 8.63. The van der Waals surface area contributed by atoms with Gasteiger partial charge in [-0.05, 0) is 25.2 Å². The van der Waals surface area contributed by atoms with E-state index in [1.54, 1.807) is 0 Å². The van der Waals surface area contributed by atoms with E-state index in [-0.39, 0.29) is 12.0 Å². The standard InChI is InChI=1S/C16H24N4O5/c1-3-8-17-15(24)18-12(21)9-19-13(22)14(23)20(16(19)25)11-7-5-4-6-10(11)2/h10-11H,3-9H2,1-2H3,(H2,17,18,21,24)/t10-,11-/m0/s1. The summed E-state index contributed by atoms with van der Waals surface area (Å²) in [6.45, 7) is 3.55. The van der Waals surface area contributed by atoms with Gasteiger partial charge in [-0.25, -0.2) is 14.5 Å². The van der Waals surface area contributed by atoms with Crippen LogP contribution in [-0.2, 0) is 14.4 Å². The molecule has 1 saturated heterocycles. The van der Waals surface area contributed by atoms with Gasteiger partial charge in [0.1, 0.15) is 6.54 Å². The number of nitrogens with zero attached hydrogens (tertiary/aromatic N) is 2. The van der Waals surface area contributed by atoms with Gasteiger partial charge in [0.2, 0.25) is 5.91 Å². The first-order valence-corrected chi connectivity index (χ1v) is 8.63. The van der Waals surface area contributed by atoms with Gasteiger partial charge >= 0.3 is 23.9 Å². The Hall–Kier alpha value is -2.45. The molecule has 2 rings (SSSR count). The number of carbonyl (C=O) groups is 5. The molecule has 1 saturated carbocycles. The smallest absolute Gasteiger partial charge is 0.334 e. The number of hydrogen-bond acceptors (Lipinski definition) is 5. The monoisotopic (exact) mass is 352 g/mol. The molecular weight excluding hydrogens is 328 g/mol. The van der Waals surface area contributed by atoms with Crippen molar-refractivity contribution in [2.75, 3.05) is 13.1 Å². The Morgan fingerprint density at radius 3 is 2.44 bits per heavy atom. The van der Waals surface area contributed by atoms with Crippen molar-refractivity contribution in [2.45, 2.75) is 52.0 Å². The van der Waals surface area contributed by atoms with E-state index in [1.165, 1.54) is 0 Å². The first-order chi connectivity index (χ1) is 11.9. The fourth-order valence-electron chi connectivity index (χ4n) is 3.23. The highest BCUT2D eigenvalue weighted by atomic mass is 16.2. The highest BCUT2D eigenvalue weighted by Gasteiger charge is 2.49. The quantitative estimate of drug-likeness (QED) is 0.555. The molecule has 2 fully saturated rings. The third-order valence-corrected chi connectivity index (χ3v) is 4.57. The minimum atomic E-state index is -1.02. The van der Waals surface area contributed by atoms with Crippen molar-refractivity contribution < 1.29 is 24.0 Å². The Balaban J connectivity index is 2.01. The van der Waals surface area contributed by atoms with Crippen LogP contribution >= 0.6 is 0 Å². The average molecular weight is 352 g/mol. The Labute approximate surface area is 146 Å². The van der Waals surface area contributed by atoms with E-state index in [9.17, 15) is 24.0 Å². The molecule has 2 N–H and O–H groups in total. The molecule has 0 aromatic carbocycles. The molecule has 2 atom stereocenters. The van der Waals surface area contributed by atoms with E-state index < -0.39 is 36.3 Å². The SMILES string of the molecule is CCCNC(=O)NC(=O)CN1C(=O)C(=O)N([C@H]2CCCC[C@@H]2C)C1=O. The summed E-state index contributed by atoms with van der Waals surface area (Å²) in [5, 5.41) is 4.48. The lowest BCUT2D eigenvalue weighted by Gasteiger charge is -2.34. The van der Waals surface area contributed by atoms with Gasteiger partial charge in [-0.1, -0.05) is 26.7 Å². The summed E-state index contributed by atoms with van der Waals surface area (Å²) in [7, 11) is 0. The third kappa shape index (κ3) is 4.15. The van der Waals surface area contributed by atoms with Crippen molar-refractivity contribution in [2.24, 2.45) is 5.92 Å². The van der Waals surface area contributed by atoms with Crippen LogP contribution in [0.2, 0.25) is 0 Å². The molecule has 0 radical (unpaired) electrons. The molecule has 0 unspecified atom stereocenters. The zero-order valence-electron chi connectivity index (χ0n) is 14.5. The number of amides is 7. The molecule has 25 heavy (non-hydrogen) atoms. The predicted octanol–water partition coefficient (Wildman–Crippen LogP) is 0.592. The van der Waals surface area contributed by atoms with E-state index in [1.807, 2.05) is 19.2 Å². The zero-order valence-corrected chi connectivity index (χ0v) is 14.5. The summed E-state index contributed by atoms with van der Waals surface area (Å²) in [6.07, 6.45) is 4.16. The second-order valence-corrected chi connectivity index (χ2v) is 6.48. The summed E-state index contributed by atoms with van der Waals surface area (Å²) in [5.41, 5.74) is 0. The molecule has 9 nitrogen and oxygen atoms in total. The van der Waals surface area contributed by atoms with E-state index >= 15 is 0 Å². The summed E-state index contributed by atoms with van der Waals surface area (Å²) < 4.78 is 0. The maximum Gasteiger partial charge on any atom is 0.334 e. The van der Waals surface area contributed by atoms with E-state index in [0.717, 1.165) is 24.2 Å². The number of urea groups is 2. The van der Waals surface area contributed by atoms with Gasteiger partial charge in [0.05, 0.1) is 0 Å². The number of carbonyl (C=O) groups excluding carboxylic acids is 5. The summed E-state index contributed by atoms with van der Waals surface area (Å²) in [5.74, 6) is -2.62. The molecule has 0 aromatic heterocycles. The van der Waals surface area contributed by atoms with Gasteiger partial charge < -0.3 is 5.32 Å². The van der Waals surface area contributed by atoms with Gasteiger partial charge in [-0.3, -0.25) is 24.6 Å². The maximum atomic E-state index is 12.5. The number of imide groups is 3. The van der Waals surface area contributed by atoms with E-state index in [4.69, 9.17) is 0 Å². The molecule has 9 heteroatoms. The molecule has 2 aliphatic rings. The molecule has 0 aromatic rings. The van der Waals surface area contributed by atoms with Crippen molar-refractivity contribution in [3.63, 3.8) is 0 Å². The van der Waals surface area contributed by atoms with Crippen LogP contribution in [0.4, 0.5) is 9.59 Å². The summed E-state index contributed by atoms with van der Waals surface area (Å²) >= 11 is 0. The predicted molar refractivity (Wildman–Crippen MR) is 87.2 cm³/mol. The normalized spacial score (nSPS) is 23.8. The number of nitrogens with one attached hydrogen (secondary N) is 2. The first kappa shape index (κ1) is 18.9. The summed E-state index contributed by atoms with van der Waals surface area (Å²) in [4.78, 5) is 61.7. The van der Waals surface area contributed by atoms with Gasteiger partial charge in [-0.15, -0.1) is 0 Å². The number of hydrogen-bond donors (Lipinski definition) is 2. The minimum absolute atomic E-state index is 0.114. The Morgan fingerprint density at radius 1 is 1.12 bits per heavy atom. The van der Waals surface area contributed by atoms with Crippen molar-refractivity contribution in [3.8, 4) is 0 Å². The van der Waals surface area contributed by atoms with E-state index in [2.05, 4.69) is 5.32 Å². The Bertz CT molecular complexity index is 591. The number of rotatable bonds is 5. The van der Waals surface area contributed by atoms with Crippen LogP contribution in [0, 0.1) is 5.92 Å². The Kier molecular flexibility index (Phi) is 6.11. The molecule has 0 spiro atoms. The van der Waals surface area contributed by atoms with Crippen LogP contribution < -0.4 is 10.6 Å². The van der Waals surface area contributed by atoms with Crippen molar-refractivity contribution in [1.82, 2.24) is 20.4 Å². The second-order valence-electron chi connectivity index (χ2n) is 6.48. The lowest BCUT2D eigenvalue weighted by molar-refractivity contribution is -0.145. The second kappa shape index (κ2) is 8.09. The minimum Gasteiger partial charge on any atom is -0.338 e. The molecule has 1 aliphatic heterocycles. The van der Waals surface area contributed by atoms with Gasteiger partial charge in [-0.2, -0.15) is 0 Å². The van der Waals surface area contributed by atoms with Crippen LogP contribution in [0.15, 0.2) is 0 Å². The molecule has 0 bridgehead atoms. The van der Waals surface area contributed by atoms with Crippen LogP contribution in [0.5, 0.6) is 0 Å².